The number of carbonyl (C=O) groups excluding carboxylic acids is 1. The summed E-state index contributed by atoms with van der Waals surface area (Å²) in [6.45, 7) is 7.54. The van der Waals surface area contributed by atoms with Crippen molar-refractivity contribution < 1.29 is 19.2 Å². The molecule has 0 bridgehead atoms. The first kappa shape index (κ1) is 22.2. The summed E-state index contributed by atoms with van der Waals surface area (Å²) in [6.07, 6.45) is 0. The Morgan fingerprint density at radius 2 is 1.97 bits per heavy atom. The minimum absolute atomic E-state index is 0.196. The van der Waals surface area contributed by atoms with Gasteiger partial charge in [-0.25, -0.2) is 0 Å². The molecule has 1 N–H and O–H groups in total. The van der Waals surface area contributed by atoms with Crippen LogP contribution in [0.4, 0.5) is 11.5 Å². The van der Waals surface area contributed by atoms with Crippen molar-refractivity contribution in [2.75, 3.05) is 18.5 Å². The molecule has 0 fully saturated rings. The molecule has 0 radical (unpaired) electrons. The molecule has 1 amide bonds. The lowest BCUT2D eigenvalue weighted by molar-refractivity contribution is -0.390. The molecule has 2 aromatic rings. The van der Waals surface area contributed by atoms with Crippen molar-refractivity contribution in [2.45, 2.75) is 33.7 Å². The van der Waals surface area contributed by atoms with Gasteiger partial charge in [0.15, 0.2) is 11.5 Å². The third-order valence-corrected chi connectivity index (χ3v) is 4.97. The standard InChI is InChI=1S/C18H20BrN5O5/c1-5-28-14-7-12(9-20)13(8-15(14)29-6-2)21-18(25)11(4)23-10(3)16(19)17(22-23)24(26)27/h7-8,11H,5-6H2,1-4H3,(H,21,25)/t11-/m0/s1. The highest BCUT2D eigenvalue weighted by Crippen LogP contribution is 2.34. The third-order valence-electron chi connectivity index (χ3n) is 4.04. The number of nitro groups is 1. The van der Waals surface area contributed by atoms with Crippen LogP contribution in [-0.4, -0.2) is 33.8 Å². The molecule has 1 aromatic heterocycles. The number of carbonyl (C=O) groups is 1. The van der Waals surface area contributed by atoms with Crippen LogP contribution in [0, 0.1) is 28.4 Å². The van der Waals surface area contributed by atoms with E-state index in [2.05, 4.69) is 26.3 Å². The number of amides is 1. The monoisotopic (exact) mass is 465 g/mol. The molecule has 1 heterocycles. The number of hydrogen-bond donors (Lipinski definition) is 1. The fraction of sp³-hybridized carbons (Fsp3) is 0.389. The average molecular weight is 466 g/mol. The minimum Gasteiger partial charge on any atom is -0.490 e. The van der Waals surface area contributed by atoms with Crippen LogP contribution in [0.2, 0.25) is 0 Å². The van der Waals surface area contributed by atoms with E-state index in [4.69, 9.17) is 9.47 Å². The Morgan fingerprint density at radius 3 is 2.45 bits per heavy atom. The summed E-state index contributed by atoms with van der Waals surface area (Å²) < 4.78 is 12.5. The quantitative estimate of drug-likeness (QED) is 0.463. The van der Waals surface area contributed by atoms with Gasteiger partial charge in [0.05, 0.1) is 35.3 Å². The molecule has 0 aliphatic rings. The number of nitriles is 1. The molecule has 0 saturated carbocycles. The smallest absolute Gasteiger partial charge is 0.404 e. The summed E-state index contributed by atoms with van der Waals surface area (Å²) in [4.78, 5) is 23.2. The summed E-state index contributed by atoms with van der Waals surface area (Å²) in [5.41, 5.74) is 0.873. The Hall–Kier alpha value is -3.13. The predicted molar refractivity (Wildman–Crippen MR) is 108 cm³/mol. The van der Waals surface area contributed by atoms with E-state index in [1.165, 1.54) is 16.8 Å². The van der Waals surface area contributed by atoms with E-state index in [1.807, 2.05) is 13.0 Å². The highest BCUT2D eigenvalue weighted by molar-refractivity contribution is 9.10. The number of anilines is 1. The molecule has 29 heavy (non-hydrogen) atoms. The van der Waals surface area contributed by atoms with Crippen molar-refractivity contribution in [1.82, 2.24) is 9.78 Å². The second kappa shape index (κ2) is 9.38. The van der Waals surface area contributed by atoms with Crippen molar-refractivity contribution in [3.8, 4) is 17.6 Å². The molecule has 10 nitrogen and oxygen atoms in total. The number of rotatable bonds is 8. The van der Waals surface area contributed by atoms with E-state index in [-0.39, 0.29) is 21.5 Å². The maximum Gasteiger partial charge on any atom is 0.404 e. The number of benzene rings is 1. The van der Waals surface area contributed by atoms with E-state index >= 15 is 0 Å². The molecular formula is C18H20BrN5O5. The lowest BCUT2D eigenvalue weighted by Gasteiger charge is -2.16. The summed E-state index contributed by atoms with van der Waals surface area (Å²) >= 11 is 3.13. The molecule has 1 atom stereocenters. The molecule has 154 valence electrons. The van der Waals surface area contributed by atoms with Crippen LogP contribution in [0.5, 0.6) is 11.5 Å². The van der Waals surface area contributed by atoms with Gasteiger partial charge in [0, 0.05) is 12.1 Å². The Bertz CT molecular complexity index is 982. The number of nitrogens with one attached hydrogen (secondary N) is 1. The van der Waals surface area contributed by atoms with Crippen LogP contribution in [0.3, 0.4) is 0 Å². The second-order valence-corrected chi connectivity index (χ2v) is 6.71. The first-order valence-electron chi connectivity index (χ1n) is 8.78. The van der Waals surface area contributed by atoms with E-state index in [0.717, 1.165) is 0 Å². The van der Waals surface area contributed by atoms with Gasteiger partial charge in [0.1, 0.15) is 16.6 Å². The number of halogens is 1. The SMILES string of the molecule is CCOc1cc(C#N)c(NC(=O)[C@H](C)n2nc([N+](=O)[O-])c(Br)c2C)cc1OCC. The van der Waals surface area contributed by atoms with Gasteiger partial charge in [0.2, 0.25) is 0 Å². The van der Waals surface area contributed by atoms with Gasteiger partial charge >= 0.3 is 5.82 Å². The number of nitrogens with zero attached hydrogens (tertiary/aromatic N) is 4. The van der Waals surface area contributed by atoms with Gasteiger partial charge in [-0.1, -0.05) is 0 Å². The van der Waals surface area contributed by atoms with Gasteiger partial charge in [-0.2, -0.15) is 9.94 Å². The van der Waals surface area contributed by atoms with E-state index < -0.39 is 16.9 Å². The van der Waals surface area contributed by atoms with Crippen molar-refractivity contribution >= 4 is 33.3 Å². The maximum atomic E-state index is 12.8. The number of hydrogen-bond acceptors (Lipinski definition) is 7. The lowest BCUT2D eigenvalue weighted by atomic mass is 10.1. The number of ether oxygens (including phenoxy) is 2. The van der Waals surface area contributed by atoms with Crippen LogP contribution in [-0.2, 0) is 4.79 Å². The second-order valence-electron chi connectivity index (χ2n) is 5.91. The first-order valence-corrected chi connectivity index (χ1v) is 9.57. The average Bonchev–Trinajstić information content (AvgIpc) is 2.98. The molecule has 0 spiro atoms. The van der Waals surface area contributed by atoms with Crippen molar-refractivity contribution in [3.63, 3.8) is 0 Å². The van der Waals surface area contributed by atoms with Crippen molar-refractivity contribution in [3.05, 3.63) is 38.0 Å². The van der Waals surface area contributed by atoms with Crippen molar-refractivity contribution in [1.29, 1.82) is 5.26 Å². The number of aromatic nitrogens is 2. The molecule has 2 rings (SSSR count). The zero-order valence-corrected chi connectivity index (χ0v) is 17.9. The minimum atomic E-state index is -0.867. The van der Waals surface area contributed by atoms with E-state index in [9.17, 15) is 20.2 Å². The van der Waals surface area contributed by atoms with Gasteiger partial charge < -0.3 is 24.9 Å². The lowest BCUT2D eigenvalue weighted by Crippen LogP contribution is -2.25. The van der Waals surface area contributed by atoms with Gasteiger partial charge in [-0.15, -0.1) is 0 Å². The summed E-state index contributed by atoms with van der Waals surface area (Å²) in [7, 11) is 0. The molecular weight excluding hydrogens is 446 g/mol. The van der Waals surface area contributed by atoms with Crippen LogP contribution in [0.25, 0.3) is 0 Å². The maximum absolute atomic E-state index is 12.8. The van der Waals surface area contributed by atoms with Crippen LogP contribution in [0.15, 0.2) is 16.6 Å². The highest BCUT2D eigenvalue weighted by Gasteiger charge is 2.29. The van der Waals surface area contributed by atoms with Crippen LogP contribution in [0.1, 0.15) is 38.1 Å². The Kier molecular flexibility index (Phi) is 7.17. The zero-order valence-electron chi connectivity index (χ0n) is 16.4. The fourth-order valence-electron chi connectivity index (χ4n) is 2.62. The fourth-order valence-corrected chi connectivity index (χ4v) is 3.02. The Balaban J connectivity index is 2.37. The normalized spacial score (nSPS) is 11.4. The van der Waals surface area contributed by atoms with Crippen LogP contribution < -0.4 is 14.8 Å². The van der Waals surface area contributed by atoms with Gasteiger partial charge in [0.25, 0.3) is 5.91 Å². The first-order chi connectivity index (χ1) is 13.7. The molecule has 0 aliphatic carbocycles. The molecule has 1 aromatic carbocycles. The zero-order chi connectivity index (χ0) is 21.7. The van der Waals surface area contributed by atoms with E-state index in [1.54, 1.807) is 20.8 Å². The van der Waals surface area contributed by atoms with Crippen LogP contribution >= 0.6 is 15.9 Å². The summed E-state index contributed by atoms with van der Waals surface area (Å²) in [6, 6.07) is 4.17. The predicted octanol–water partition coefficient (Wildman–Crippen LogP) is 3.73. The largest absolute Gasteiger partial charge is 0.490 e. The molecule has 11 heteroatoms. The van der Waals surface area contributed by atoms with Crippen molar-refractivity contribution in [2.24, 2.45) is 0 Å². The highest BCUT2D eigenvalue weighted by atomic mass is 79.9. The Morgan fingerprint density at radius 1 is 1.38 bits per heavy atom. The topological polar surface area (TPSA) is 132 Å². The molecule has 0 unspecified atom stereocenters. The summed E-state index contributed by atoms with van der Waals surface area (Å²) in [5, 5.41) is 27.1. The Labute approximate surface area is 175 Å². The summed E-state index contributed by atoms with van der Waals surface area (Å²) in [5.74, 6) is -0.0787. The molecule has 0 aliphatic heterocycles. The van der Waals surface area contributed by atoms with Gasteiger partial charge in [-0.3, -0.25) is 4.79 Å². The van der Waals surface area contributed by atoms with E-state index in [0.29, 0.717) is 30.4 Å². The third kappa shape index (κ3) is 4.65. The van der Waals surface area contributed by atoms with Gasteiger partial charge in [-0.05, 0) is 48.5 Å². The molecule has 0 saturated heterocycles.